The summed E-state index contributed by atoms with van der Waals surface area (Å²) >= 11 is 0. The van der Waals surface area contributed by atoms with Gasteiger partial charge in [-0.1, -0.05) is 24.3 Å². The van der Waals surface area contributed by atoms with Gasteiger partial charge in [0, 0.05) is 29.6 Å². The van der Waals surface area contributed by atoms with Crippen molar-refractivity contribution in [3.8, 4) is 17.4 Å². The summed E-state index contributed by atoms with van der Waals surface area (Å²) in [5.41, 5.74) is 6.61. The van der Waals surface area contributed by atoms with Crippen LogP contribution in [0.3, 0.4) is 0 Å². The molecular weight excluding hydrogens is 453 g/mol. The lowest BCUT2D eigenvalue weighted by Crippen LogP contribution is -2.18. The maximum absolute atomic E-state index is 15.6. The highest BCUT2D eigenvalue weighted by Crippen LogP contribution is 2.36. The van der Waals surface area contributed by atoms with Crippen molar-refractivity contribution in [3.63, 3.8) is 0 Å². The third-order valence-electron chi connectivity index (χ3n) is 5.36. The van der Waals surface area contributed by atoms with Crippen LogP contribution in [-0.2, 0) is 6.42 Å². The number of H-pyrrole nitrogens is 1. The Bertz CT molecular complexity index is 1380. The monoisotopic (exact) mass is 477 g/mol. The Balaban J connectivity index is 1.85. The number of benzene rings is 2. The third-order valence-corrected chi connectivity index (χ3v) is 5.36. The van der Waals surface area contributed by atoms with Crippen LogP contribution >= 0.6 is 0 Å². The second-order valence-corrected chi connectivity index (χ2v) is 7.61. The number of halogens is 1. The van der Waals surface area contributed by atoms with Gasteiger partial charge < -0.3 is 15.2 Å². The van der Waals surface area contributed by atoms with Gasteiger partial charge in [-0.25, -0.2) is 19.2 Å². The highest BCUT2D eigenvalue weighted by Gasteiger charge is 2.27. The number of ether oxygens (including phenoxy) is 2. The molecule has 4 N–H and O–H groups in total. The summed E-state index contributed by atoms with van der Waals surface area (Å²) in [4.78, 5) is 23.6. The van der Waals surface area contributed by atoms with E-state index < -0.39 is 17.4 Å². The van der Waals surface area contributed by atoms with E-state index in [-0.39, 0.29) is 41.9 Å². The smallest absolute Gasteiger partial charge is 0.350 e. The zero-order chi connectivity index (χ0) is 24.9. The topological polar surface area (TPSA) is 145 Å². The lowest BCUT2D eigenvalue weighted by molar-refractivity contribution is 0.315. The number of nitrogens with zero attached hydrogens (tertiary/aromatic N) is 4. The number of aromatic nitrogens is 5. The van der Waals surface area contributed by atoms with E-state index in [0.29, 0.717) is 11.3 Å². The third kappa shape index (κ3) is 5.03. The van der Waals surface area contributed by atoms with Crippen molar-refractivity contribution in [2.75, 3.05) is 13.7 Å². The van der Waals surface area contributed by atoms with Gasteiger partial charge in [0.1, 0.15) is 17.4 Å². The van der Waals surface area contributed by atoms with Crippen LogP contribution in [0.1, 0.15) is 35.4 Å². The molecule has 1 unspecified atom stereocenters. The minimum Gasteiger partial charge on any atom is -0.497 e. The second kappa shape index (κ2) is 10.2. The van der Waals surface area contributed by atoms with Gasteiger partial charge in [-0.15, -0.1) is 9.78 Å². The van der Waals surface area contributed by atoms with E-state index in [1.807, 2.05) is 0 Å². The molecule has 0 saturated carbocycles. The zero-order valence-electron chi connectivity index (χ0n) is 19.2. The number of hydrogen-bond donors (Lipinski definition) is 3. The van der Waals surface area contributed by atoms with Crippen molar-refractivity contribution in [2.45, 2.75) is 19.3 Å². The normalized spacial score (nSPS) is 11.7. The molecule has 2 aromatic heterocycles. The lowest BCUT2D eigenvalue weighted by Gasteiger charge is -2.19. The van der Waals surface area contributed by atoms with Crippen LogP contribution in [0.5, 0.6) is 11.5 Å². The molecule has 4 rings (SSSR count). The summed E-state index contributed by atoms with van der Waals surface area (Å²) in [7, 11) is 1.48. The standard InChI is InChI=1S/C24H24FN7O3/c1-3-35-19-13-16(34-2)12-17(20(19)25)18(11-14-5-7-15(8-6-14)21(26)27)22-30-24(33)32(31-22)23-28-9-4-10-29-23/h4-10,12-13,18H,3,11H2,1-2H3,(H3,26,27)(H,30,31,33). The molecule has 4 aromatic rings. The van der Waals surface area contributed by atoms with Crippen LogP contribution in [0.4, 0.5) is 4.39 Å². The molecule has 11 heteroatoms. The molecule has 0 amide bonds. The van der Waals surface area contributed by atoms with Crippen LogP contribution in [0.25, 0.3) is 5.95 Å². The highest BCUT2D eigenvalue weighted by molar-refractivity contribution is 5.94. The first-order chi connectivity index (χ1) is 16.9. The lowest BCUT2D eigenvalue weighted by atomic mass is 9.90. The fourth-order valence-corrected chi connectivity index (χ4v) is 3.67. The summed E-state index contributed by atoms with van der Waals surface area (Å²) in [5, 5.41) is 12.0. The van der Waals surface area contributed by atoms with Crippen LogP contribution in [0.15, 0.2) is 59.7 Å². The van der Waals surface area contributed by atoms with Gasteiger partial charge >= 0.3 is 5.69 Å². The van der Waals surface area contributed by atoms with Crippen LogP contribution in [-0.4, -0.2) is 44.3 Å². The van der Waals surface area contributed by atoms with E-state index in [0.717, 1.165) is 10.2 Å². The van der Waals surface area contributed by atoms with Gasteiger partial charge in [0.2, 0.25) is 0 Å². The molecule has 0 aliphatic heterocycles. The molecule has 2 heterocycles. The molecule has 0 bridgehead atoms. The average molecular weight is 478 g/mol. The van der Waals surface area contributed by atoms with E-state index in [2.05, 4.69) is 20.1 Å². The Hall–Kier alpha value is -4.54. The van der Waals surface area contributed by atoms with Crippen LogP contribution in [0, 0.1) is 11.2 Å². The van der Waals surface area contributed by atoms with E-state index >= 15 is 4.39 Å². The van der Waals surface area contributed by atoms with Gasteiger partial charge in [0.25, 0.3) is 5.95 Å². The number of hydrogen-bond acceptors (Lipinski definition) is 7. The fourth-order valence-electron chi connectivity index (χ4n) is 3.67. The van der Waals surface area contributed by atoms with Crippen molar-refractivity contribution in [1.82, 2.24) is 24.7 Å². The molecule has 180 valence electrons. The minimum atomic E-state index is -0.717. The SMILES string of the molecule is CCOc1cc(OC)cc(C(Cc2ccc(C(=N)N)cc2)c2nn(-c3ncccn3)c(=O)[nH]2)c1F. The van der Waals surface area contributed by atoms with Gasteiger partial charge in [0.15, 0.2) is 11.6 Å². The second-order valence-electron chi connectivity index (χ2n) is 7.61. The summed E-state index contributed by atoms with van der Waals surface area (Å²) in [6.07, 6.45) is 3.26. The summed E-state index contributed by atoms with van der Waals surface area (Å²) in [6.45, 7) is 2.02. The molecule has 10 nitrogen and oxygen atoms in total. The van der Waals surface area contributed by atoms with Gasteiger partial charge in [-0.3, -0.25) is 10.4 Å². The van der Waals surface area contributed by atoms with E-state index in [1.165, 1.54) is 25.6 Å². The van der Waals surface area contributed by atoms with E-state index in [4.69, 9.17) is 20.6 Å². The van der Waals surface area contributed by atoms with Crippen LogP contribution in [0.2, 0.25) is 0 Å². The number of nitrogens with one attached hydrogen (secondary N) is 2. The Morgan fingerprint density at radius 2 is 1.94 bits per heavy atom. The maximum atomic E-state index is 15.6. The molecule has 0 radical (unpaired) electrons. The summed E-state index contributed by atoms with van der Waals surface area (Å²) < 4.78 is 27.5. The summed E-state index contributed by atoms with van der Waals surface area (Å²) in [5.74, 6) is -0.617. The van der Waals surface area contributed by atoms with E-state index in [9.17, 15) is 4.79 Å². The average Bonchev–Trinajstić information content (AvgIpc) is 3.26. The quantitative estimate of drug-likeness (QED) is 0.248. The highest BCUT2D eigenvalue weighted by atomic mass is 19.1. The molecule has 2 aromatic carbocycles. The van der Waals surface area contributed by atoms with Crippen molar-refractivity contribution in [3.05, 3.63) is 93.7 Å². The molecule has 0 aliphatic carbocycles. The number of nitrogens with two attached hydrogens (primary N) is 1. The minimum absolute atomic E-state index is 0.0342. The molecule has 0 aliphatic rings. The van der Waals surface area contributed by atoms with Crippen molar-refractivity contribution < 1.29 is 13.9 Å². The summed E-state index contributed by atoms with van der Waals surface area (Å²) in [6, 6.07) is 11.7. The van der Waals surface area contributed by atoms with Crippen molar-refractivity contribution in [2.24, 2.45) is 5.73 Å². The number of nitrogen functional groups attached to an aromatic ring is 1. The first kappa shape index (κ1) is 23.6. The largest absolute Gasteiger partial charge is 0.497 e. The molecule has 0 spiro atoms. The number of rotatable bonds is 9. The van der Waals surface area contributed by atoms with Gasteiger partial charge in [-0.2, -0.15) is 0 Å². The van der Waals surface area contributed by atoms with Gasteiger partial charge in [0.05, 0.1) is 19.6 Å². The molecule has 0 saturated heterocycles. The Kier molecular flexibility index (Phi) is 6.86. The first-order valence-corrected chi connectivity index (χ1v) is 10.8. The Morgan fingerprint density at radius 1 is 1.23 bits per heavy atom. The van der Waals surface area contributed by atoms with E-state index in [1.54, 1.807) is 43.3 Å². The van der Waals surface area contributed by atoms with Crippen molar-refractivity contribution >= 4 is 5.84 Å². The number of aromatic amines is 1. The molecule has 35 heavy (non-hydrogen) atoms. The first-order valence-electron chi connectivity index (χ1n) is 10.8. The Morgan fingerprint density at radius 3 is 2.57 bits per heavy atom. The molecule has 1 atom stereocenters. The fraction of sp³-hybridized carbons (Fsp3) is 0.208. The predicted molar refractivity (Wildman–Crippen MR) is 127 cm³/mol. The predicted octanol–water partition coefficient (Wildman–Crippen LogP) is 2.56. The molecular formula is C24H24FN7O3. The van der Waals surface area contributed by atoms with Crippen molar-refractivity contribution in [1.29, 1.82) is 5.41 Å². The maximum Gasteiger partial charge on any atom is 0.350 e. The number of amidine groups is 1. The zero-order valence-corrected chi connectivity index (χ0v) is 19.2. The Labute approximate surface area is 200 Å². The molecule has 0 fully saturated rings. The number of methoxy groups -OCH3 is 1. The van der Waals surface area contributed by atoms with Gasteiger partial charge in [-0.05, 0) is 31.0 Å². The van der Waals surface area contributed by atoms with Crippen LogP contribution < -0.4 is 20.9 Å².